The van der Waals surface area contributed by atoms with Gasteiger partial charge in [0.2, 0.25) is 5.91 Å². The van der Waals surface area contributed by atoms with Crippen molar-refractivity contribution < 1.29 is 4.79 Å². The Morgan fingerprint density at radius 2 is 2.35 bits per heavy atom. The van der Waals surface area contributed by atoms with Crippen LogP contribution in [0.5, 0.6) is 0 Å². The zero-order valence-corrected chi connectivity index (χ0v) is 10.6. The lowest BCUT2D eigenvalue weighted by molar-refractivity contribution is -0.126. The van der Waals surface area contributed by atoms with Gasteiger partial charge in [0.15, 0.2) is 5.82 Å². The molecule has 2 heterocycles. The average molecular weight is 236 g/mol. The van der Waals surface area contributed by atoms with Gasteiger partial charge in [0.05, 0.1) is 5.41 Å². The Morgan fingerprint density at radius 3 is 2.82 bits per heavy atom. The number of anilines is 1. The molecule has 0 bridgehead atoms. The highest BCUT2D eigenvalue weighted by Crippen LogP contribution is 2.35. The van der Waals surface area contributed by atoms with Crippen LogP contribution in [0.15, 0.2) is 6.07 Å². The molecule has 5 heteroatoms. The van der Waals surface area contributed by atoms with Gasteiger partial charge in [-0.1, -0.05) is 13.8 Å². The van der Waals surface area contributed by atoms with E-state index in [1.807, 2.05) is 13.0 Å². The van der Waals surface area contributed by atoms with Gasteiger partial charge in [-0.15, -0.1) is 0 Å². The van der Waals surface area contributed by atoms with Crippen molar-refractivity contribution in [1.29, 1.82) is 0 Å². The maximum absolute atomic E-state index is 12.4. The largest absolute Gasteiger partial charge is 0.316 e. The fraction of sp³-hybridized carbons (Fsp3) is 0.667. The minimum Gasteiger partial charge on any atom is -0.316 e. The van der Waals surface area contributed by atoms with Gasteiger partial charge >= 0.3 is 0 Å². The van der Waals surface area contributed by atoms with Crippen molar-refractivity contribution in [1.82, 2.24) is 15.5 Å². The summed E-state index contributed by atoms with van der Waals surface area (Å²) >= 11 is 0. The topological polar surface area (TPSA) is 69.8 Å². The highest BCUT2D eigenvalue weighted by molar-refractivity contribution is 5.95. The minimum absolute atomic E-state index is 0.0731. The van der Waals surface area contributed by atoms with Crippen molar-refractivity contribution >= 4 is 11.7 Å². The number of nitrogens with zero attached hydrogens (tertiary/aromatic N) is 1. The lowest BCUT2D eigenvalue weighted by atomic mass is 9.75. The molecule has 0 spiro atoms. The van der Waals surface area contributed by atoms with Crippen molar-refractivity contribution in [2.24, 2.45) is 11.3 Å². The number of amides is 1. The molecular formula is C12H20N4O. The van der Waals surface area contributed by atoms with Crippen LogP contribution < -0.4 is 10.6 Å². The van der Waals surface area contributed by atoms with Crippen LogP contribution in [-0.4, -0.2) is 29.2 Å². The van der Waals surface area contributed by atoms with Gasteiger partial charge in [0.1, 0.15) is 0 Å². The SMILES string of the molecule is Cc1cc(NC(=O)C2(C(C)C)CCNC2)n[nH]1. The first-order valence-electron chi connectivity index (χ1n) is 6.09. The average Bonchev–Trinajstić information content (AvgIpc) is 2.87. The number of aromatic amines is 1. The van der Waals surface area contributed by atoms with Crippen molar-refractivity contribution in [3.8, 4) is 0 Å². The number of aromatic nitrogens is 2. The van der Waals surface area contributed by atoms with Gasteiger partial charge in [0.25, 0.3) is 0 Å². The second-order valence-corrected chi connectivity index (χ2v) is 5.13. The van der Waals surface area contributed by atoms with Crippen LogP contribution in [0.25, 0.3) is 0 Å². The first-order valence-corrected chi connectivity index (χ1v) is 6.09. The van der Waals surface area contributed by atoms with Crippen LogP contribution >= 0.6 is 0 Å². The molecule has 17 heavy (non-hydrogen) atoms. The van der Waals surface area contributed by atoms with E-state index in [0.29, 0.717) is 11.7 Å². The fourth-order valence-electron chi connectivity index (χ4n) is 2.38. The number of carbonyl (C=O) groups excluding carboxylic acids is 1. The first kappa shape index (κ1) is 12.1. The van der Waals surface area contributed by atoms with Crippen LogP contribution in [0, 0.1) is 18.3 Å². The maximum Gasteiger partial charge on any atom is 0.233 e. The monoisotopic (exact) mass is 236 g/mol. The predicted octanol–water partition coefficient (Wildman–Crippen LogP) is 1.29. The van der Waals surface area contributed by atoms with Crippen LogP contribution in [0.3, 0.4) is 0 Å². The second-order valence-electron chi connectivity index (χ2n) is 5.13. The fourth-order valence-corrected chi connectivity index (χ4v) is 2.38. The van der Waals surface area contributed by atoms with Gasteiger partial charge in [-0.2, -0.15) is 5.10 Å². The van der Waals surface area contributed by atoms with Gasteiger partial charge < -0.3 is 10.6 Å². The Morgan fingerprint density at radius 1 is 1.59 bits per heavy atom. The van der Waals surface area contributed by atoms with E-state index in [-0.39, 0.29) is 11.3 Å². The summed E-state index contributed by atoms with van der Waals surface area (Å²) in [7, 11) is 0. The highest BCUT2D eigenvalue weighted by Gasteiger charge is 2.44. The molecule has 0 aromatic carbocycles. The van der Waals surface area contributed by atoms with Gasteiger partial charge in [-0.05, 0) is 25.8 Å². The third-order valence-electron chi connectivity index (χ3n) is 3.69. The Labute approximate surface area is 101 Å². The summed E-state index contributed by atoms with van der Waals surface area (Å²) in [6.45, 7) is 7.77. The molecular weight excluding hydrogens is 216 g/mol. The summed E-state index contributed by atoms with van der Waals surface area (Å²) < 4.78 is 0. The lowest BCUT2D eigenvalue weighted by Crippen LogP contribution is -2.42. The summed E-state index contributed by atoms with van der Waals surface area (Å²) in [5.41, 5.74) is 0.649. The summed E-state index contributed by atoms with van der Waals surface area (Å²) in [6.07, 6.45) is 0.889. The summed E-state index contributed by atoms with van der Waals surface area (Å²) in [5.74, 6) is 1.00. The molecule has 0 radical (unpaired) electrons. The van der Waals surface area contributed by atoms with Crippen molar-refractivity contribution in [2.75, 3.05) is 18.4 Å². The molecule has 1 saturated heterocycles. The lowest BCUT2D eigenvalue weighted by Gasteiger charge is -2.30. The predicted molar refractivity (Wildman–Crippen MR) is 66.7 cm³/mol. The highest BCUT2D eigenvalue weighted by atomic mass is 16.2. The second kappa shape index (κ2) is 4.49. The number of hydrogen-bond donors (Lipinski definition) is 3. The minimum atomic E-state index is -0.299. The van der Waals surface area contributed by atoms with E-state index in [4.69, 9.17) is 0 Å². The molecule has 1 amide bonds. The summed E-state index contributed by atoms with van der Waals surface area (Å²) in [6, 6.07) is 1.84. The third kappa shape index (κ3) is 2.20. The quantitative estimate of drug-likeness (QED) is 0.740. The Balaban J connectivity index is 2.12. The van der Waals surface area contributed by atoms with Gasteiger partial charge in [-0.25, -0.2) is 0 Å². The number of nitrogens with one attached hydrogen (secondary N) is 3. The van der Waals surface area contributed by atoms with E-state index in [9.17, 15) is 4.79 Å². The molecule has 1 aromatic heterocycles. The smallest absolute Gasteiger partial charge is 0.233 e. The number of H-pyrrole nitrogens is 1. The molecule has 1 unspecified atom stereocenters. The van der Waals surface area contributed by atoms with Crippen LogP contribution in [0.4, 0.5) is 5.82 Å². The van der Waals surface area contributed by atoms with Crippen molar-refractivity contribution in [2.45, 2.75) is 27.2 Å². The molecule has 1 aromatic rings. The Kier molecular flexibility index (Phi) is 3.19. The number of rotatable bonds is 3. The Hall–Kier alpha value is -1.36. The van der Waals surface area contributed by atoms with E-state index in [2.05, 4.69) is 34.7 Å². The van der Waals surface area contributed by atoms with Crippen molar-refractivity contribution in [3.05, 3.63) is 11.8 Å². The number of aryl methyl sites for hydroxylation is 1. The Bertz CT molecular complexity index is 404. The third-order valence-corrected chi connectivity index (χ3v) is 3.69. The van der Waals surface area contributed by atoms with E-state index in [1.54, 1.807) is 0 Å². The van der Waals surface area contributed by atoms with E-state index >= 15 is 0 Å². The molecule has 94 valence electrons. The first-order chi connectivity index (χ1) is 8.04. The van der Waals surface area contributed by atoms with Gasteiger partial charge in [0, 0.05) is 18.3 Å². The summed E-state index contributed by atoms with van der Waals surface area (Å²) in [4.78, 5) is 12.4. The molecule has 0 aliphatic carbocycles. The molecule has 1 atom stereocenters. The zero-order valence-electron chi connectivity index (χ0n) is 10.6. The summed E-state index contributed by atoms with van der Waals surface area (Å²) in [5, 5.41) is 13.0. The van der Waals surface area contributed by atoms with Crippen LogP contribution in [0.1, 0.15) is 26.0 Å². The van der Waals surface area contributed by atoms with E-state index in [1.165, 1.54) is 0 Å². The molecule has 2 rings (SSSR count). The molecule has 1 aliphatic rings. The van der Waals surface area contributed by atoms with Crippen LogP contribution in [0.2, 0.25) is 0 Å². The molecule has 3 N–H and O–H groups in total. The number of carbonyl (C=O) groups is 1. The molecule has 1 aliphatic heterocycles. The van der Waals surface area contributed by atoms with Gasteiger partial charge in [-0.3, -0.25) is 9.89 Å². The zero-order chi connectivity index (χ0) is 12.5. The number of hydrogen-bond acceptors (Lipinski definition) is 3. The van der Waals surface area contributed by atoms with Crippen molar-refractivity contribution in [3.63, 3.8) is 0 Å². The normalized spacial score (nSPS) is 24.2. The standard InChI is InChI=1S/C12H20N4O/c1-8(2)12(4-5-13-7-12)11(17)14-10-6-9(3)15-16-10/h6,8,13H,4-5,7H2,1-3H3,(H2,14,15,16,17). The van der Waals surface area contributed by atoms with Crippen LogP contribution in [-0.2, 0) is 4.79 Å². The molecule has 0 saturated carbocycles. The van der Waals surface area contributed by atoms with E-state index < -0.39 is 0 Å². The maximum atomic E-state index is 12.4. The van der Waals surface area contributed by atoms with E-state index in [0.717, 1.165) is 25.2 Å². The molecule has 5 nitrogen and oxygen atoms in total. The molecule has 1 fully saturated rings.